The minimum atomic E-state index is -4.08. The maximum absolute atomic E-state index is 13.1. The molecule has 0 unspecified atom stereocenters. The molecule has 202 valence electrons. The quantitative estimate of drug-likeness (QED) is 0.320. The number of hydrogen-bond acceptors (Lipinski definition) is 6. The van der Waals surface area contributed by atoms with Crippen LogP contribution in [0, 0.1) is 0 Å². The fourth-order valence-electron chi connectivity index (χ4n) is 4.55. The van der Waals surface area contributed by atoms with Gasteiger partial charge in [-0.2, -0.15) is 0 Å². The van der Waals surface area contributed by atoms with Crippen LogP contribution < -0.4 is 14.2 Å². The Morgan fingerprint density at radius 2 is 1.41 bits per heavy atom. The Labute approximate surface area is 227 Å². The number of anilines is 2. The minimum Gasteiger partial charge on any atom is -0.496 e. The van der Waals surface area contributed by atoms with Gasteiger partial charge in [-0.1, -0.05) is 36.4 Å². The first kappa shape index (κ1) is 26.5. The summed E-state index contributed by atoms with van der Waals surface area (Å²) in [5, 5.41) is 1.65. The topological polar surface area (TPSA) is 122 Å². The van der Waals surface area contributed by atoms with Crippen molar-refractivity contribution in [2.24, 2.45) is 0 Å². The minimum absolute atomic E-state index is 0.0266. The molecule has 0 aromatic heterocycles. The number of sulfonamides is 2. The first-order valence-corrected chi connectivity index (χ1v) is 15.3. The molecule has 0 atom stereocenters. The number of nitrogens with one attached hydrogen (secondary N) is 2. The molecule has 0 radical (unpaired) electrons. The lowest BCUT2D eigenvalue weighted by molar-refractivity contribution is 0.0789. The van der Waals surface area contributed by atoms with E-state index in [-0.39, 0.29) is 26.9 Å². The maximum Gasteiger partial charge on any atom is 0.261 e. The smallest absolute Gasteiger partial charge is 0.261 e. The summed E-state index contributed by atoms with van der Waals surface area (Å²) in [6.45, 7) is 1.23. The number of nitrogens with zero attached hydrogens (tertiary/aromatic N) is 1. The van der Waals surface area contributed by atoms with E-state index in [1.54, 1.807) is 17.0 Å². The monoisotopic (exact) mass is 565 g/mol. The average Bonchev–Trinajstić information content (AvgIpc) is 3.48. The van der Waals surface area contributed by atoms with Crippen LogP contribution in [0.2, 0.25) is 0 Å². The van der Waals surface area contributed by atoms with Crippen LogP contribution in [-0.2, 0) is 20.0 Å². The average molecular weight is 566 g/mol. The van der Waals surface area contributed by atoms with E-state index in [9.17, 15) is 21.6 Å². The molecule has 0 spiro atoms. The third kappa shape index (κ3) is 5.55. The highest BCUT2D eigenvalue weighted by Crippen LogP contribution is 2.28. The predicted molar refractivity (Wildman–Crippen MR) is 150 cm³/mol. The Balaban J connectivity index is 1.36. The molecular weight excluding hydrogens is 538 g/mol. The van der Waals surface area contributed by atoms with Gasteiger partial charge in [-0.25, -0.2) is 16.8 Å². The Kier molecular flexibility index (Phi) is 7.19. The molecule has 1 saturated heterocycles. The molecule has 4 aromatic carbocycles. The van der Waals surface area contributed by atoms with E-state index < -0.39 is 20.0 Å². The second-order valence-electron chi connectivity index (χ2n) is 9.12. The molecule has 11 heteroatoms. The molecular formula is C28H27N3O6S2. The van der Waals surface area contributed by atoms with Gasteiger partial charge in [0.25, 0.3) is 26.0 Å². The Morgan fingerprint density at radius 1 is 0.769 bits per heavy atom. The van der Waals surface area contributed by atoms with E-state index in [2.05, 4.69) is 9.44 Å². The van der Waals surface area contributed by atoms with Crippen LogP contribution in [0.4, 0.5) is 11.4 Å². The summed E-state index contributed by atoms with van der Waals surface area (Å²) in [4.78, 5) is 14.5. The molecule has 0 saturated carbocycles. The summed E-state index contributed by atoms with van der Waals surface area (Å²) < 4.78 is 62.7. The third-order valence-electron chi connectivity index (χ3n) is 6.56. The second-order valence-corrected chi connectivity index (χ2v) is 12.5. The van der Waals surface area contributed by atoms with E-state index in [0.29, 0.717) is 24.5 Å². The predicted octanol–water partition coefficient (Wildman–Crippen LogP) is 4.69. The van der Waals surface area contributed by atoms with Gasteiger partial charge in [0.15, 0.2) is 0 Å². The molecule has 1 fully saturated rings. The first-order chi connectivity index (χ1) is 18.7. The Morgan fingerprint density at radius 3 is 2.13 bits per heavy atom. The first-order valence-electron chi connectivity index (χ1n) is 12.3. The number of rotatable bonds is 8. The number of amides is 1. The fraction of sp³-hybridized carbons (Fsp3) is 0.179. The van der Waals surface area contributed by atoms with Gasteiger partial charge in [-0.3, -0.25) is 14.2 Å². The zero-order chi connectivity index (χ0) is 27.6. The lowest BCUT2D eigenvalue weighted by atomic mass is 10.1. The SMILES string of the molecule is COc1ccc(S(=O)(=O)Nc2ccc(S(=O)(=O)Nc3cccc4ccccc34)cc2)cc1C(=O)N1CCCC1. The number of methoxy groups -OCH3 is 1. The van der Waals surface area contributed by atoms with Gasteiger partial charge < -0.3 is 9.64 Å². The van der Waals surface area contributed by atoms with Crippen molar-refractivity contribution in [3.8, 4) is 5.75 Å². The number of fused-ring (bicyclic) bond motifs is 1. The maximum atomic E-state index is 13.1. The van der Waals surface area contributed by atoms with Gasteiger partial charge in [-0.15, -0.1) is 0 Å². The lowest BCUT2D eigenvalue weighted by Gasteiger charge is -2.18. The van der Waals surface area contributed by atoms with Crippen molar-refractivity contribution in [1.29, 1.82) is 0 Å². The standard InChI is InChI=1S/C28H27N3O6S2/c1-37-27-16-15-23(19-25(27)28(32)31-17-4-5-18-31)39(35,36)29-21-11-13-22(14-12-21)38(33,34)30-26-10-6-8-20-7-2-3-9-24(20)26/h2-3,6-16,19,29-30H,4-5,17-18H2,1H3. The van der Waals surface area contributed by atoms with E-state index in [1.807, 2.05) is 30.3 Å². The van der Waals surface area contributed by atoms with Gasteiger partial charge in [0, 0.05) is 24.2 Å². The zero-order valence-corrected chi connectivity index (χ0v) is 22.8. The highest BCUT2D eigenvalue weighted by molar-refractivity contribution is 7.93. The number of carbonyl (C=O) groups is 1. The molecule has 1 amide bonds. The van der Waals surface area contributed by atoms with Crippen LogP contribution in [0.5, 0.6) is 5.75 Å². The highest BCUT2D eigenvalue weighted by atomic mass is 32.2. The lowest BCUT2D eigenvalue weighted by Crippen LogP contribution is -2.28. The third-order valence-corrected chi connectivity index (χ3v) is 9.32. The largest absolute Gasteiger partial charge is 0.496 e. The Hall–Kier alpha value is -4.09. The molecule has 1 aliphatic heterocycles. The summed E-state index contributed by atoms with van der Waals surface area (Å²) in [6.07, 6.45) is 1.80. The highest BCUT2D eigenvalue weighted by Gasteiger charge is 2.25. The van der Waals surface area contributed by atoms with Crippen LogP contribution in [0.3, 0.4) is 0 Å². The van der Waals surface area contributed by atoms with Gasteiger partial charge in [0.1, 0.15) is 5.75 Å². The molecule has 39 heavy (non-hydrogen) atoms. The second kappa shape index (κ2) is 10.6. The number of carbonyl (C=O) groups excluding carboxylic acids is 1. The van der Waals surface area contributed by atoms with E-state index >= 15 is 0 Å². The van der Waals surface area contributed by atoms with E-state index in [0.717, 1.165) is 23.6 Å². The van der Waals surface area contributed by atoms with Crippen molar-refractivity contribution in [3.63, 3.8) is 0 Å². The normalized spacial score (nSPS) is 13.8. The molecule has 1 heterocycles. The molecule has 1 aliphatic rings. The zero-order valence-electron chi connectivity index (χ0n) is 21.1. The molecule has 0 aliphatic carbocycles. The summed E-state index contributed by atoms with van der Waals surface area (Å²) in [7, 11) is -6.59. The van der Waals surface area contributed by atoms with Crippen LogP contribution in [0.15, 0.2) is 94.7 Å². The summed E-state index contributed by atoms with van der Waals surface area (Å²) >= 11 is 0. The molecule has 2 N–H and O–H groups in total. The Bertz CT molecular complexity index is 1740. The number of ether oxygens (including phenoxy) is 1. The molecule has 0 bridgehead atoms. The van der Waals surface area contributed by atoms with Crippen molar-refractivity contribution >= 4 is 48.1 Å². The summed E-state index contributed by atoms with van der Waals surface area (Å²) in [5.41, 5.74) is 0.780. The van der Waals surface area contributed by atoms with E-state index in [4.69, 9.17) is 4.74 Å². The van der Waals surface area contributed by atoms with Crippen LogP contribution in [0.1, 0.15) is 23.2 Å². The van der Waals surface area contributed by atoms with E-state index in [1.165, 1.54) is 49.6 Å². The summed E-state index contributed by atoms with van der Waals surface area (Å²) in [6, 6.07) is 22.2. The van der Waals surface area contributed by atoms with Crippen LogP contribution >= 0.6 is 0 Å². The molecule has 9 nitrogen and oxygen atoms in total. The molecule has 5 rings (SSSR count). The summed E-state index contributed by atoms with van der Waals surface area (Å²) in [5.74, 6) is 0.00811. The number of benzene rings is 4. The van der Waals surface area contributed by atoms with Crippen molar-refractivity contribution in [1.82, 2.24) is 4.90 Å². The van der Waals surface area contributed by atoms with Gasteiger partial charge in [-0.05, 0) is 66.8 Å². The van der Waals surface area contributed by atoms with Crippen LogP contribution in [0.25, 0.3) is 10.8 Å². The molecule has 4 aromatic rings. The number of hydrogen-bond donors (Lipinski definition) is 2. The number of likely N-dealkylation sites (tertiary alicyclic amines) is 1. The van der Waals surface area contributed by atoms with Crippen molar-refractivity contribution in [2.75, 3.05) is 29.6 Å². The van der Waals surface area contributed by atoms with Gasteiger partial charge >= 0.3 is 0 Å². The van der Waals surface area contributed by atoms with Crippen molar-refractivity contribution in [2.45, 2.75) is 22.6 Å². The van der Waals surface area contributed by atoms with Gasteiger partial charge in [0.05, 0.1) is 28.2 Å². The van der Waals surface area contributed by atoms with Crippen molar-refractivity contribution < 1.29 is 26.4 Å². The van der Waals surface area contributed by atoms with Gasteiger partial charge in [0.2, 0.25) is 0 Å². The van der Waals surface area contributed by atoms with Crippen LogP contribution in [-0.4, -0.2) is 47.8 Å². The van der Waals surface area contributed by atoms with Crippen molar-refractivity contribution in [3.05, 3.63) is 90.5 Å². The fourth-order valence-corrected chi connectivity index (χ4v) is 6.71.